The molecule has 0 fully saturated rings. The lowest BCUT2D eigenvalue weighted by molar-refractivity contribution is 0.341. The van der Waals surface area contributed by atoms with E-state index in [0.717, 1.165) is 30.2 Å². The lowest BCUT2D eigenvalue weighted by atomic mass is 9.90. The molecule has 0 radical (unpaired) electrons. The average molecular weight is 282 g/mol. The van der Waals surface area contributed by atoms with Crippen molar-refractivity contribution in [1.29, 1.82) is 0 Å². The van der Waals surface area contributed by atoms with Gasteiger partial charge in [-0.2, -0.15) is 0 Å². The first-order valence-electron chi connectivity index (χ1n) is 7.27. The minimum absolute atomic E-state index is 0.478. The molecule has 0 saturated heterocycles. The van der Waals surface area contributed by atoms with Crippen LogP contribution in [-0.4, -0.2) is 19.7 Å². The molecule has 0 bridgehead atoms. The highest BCUT2D eigenvalue weighted by Gasteiger charge is 2.22. The summed E-state index contributed by atoms with van der Waals surface area (Å²) in [6, 6.07) is 4.58. The Morgan fingerprint density at radius 1 is 1.42 bits per heavy atom. The summed E-state index contributed by atoms with van der Waals surface area (Å²) < 4.78 is 5.78. The third kappa shape index (κ3) is 3.43. The lowest BCUT2D eigenvalue weighted by Crippen LogP contribution is -2.34. The van der Waals surface area contributed by atoms with Crippen LogP contribution >= 0.6 is 11.6 Å². The number of rotatable bonds is 6. The molecule has 0 saturated carbocycles. The minimum atomic E-state index is 0.478. The highest BCUT2D eigenvalue weighted by atomic mass is 35.5. The highest BCUT2D eigenvalue weighted by Crippen LogP contribution is 2.34. The van der Waals surface area contributed by atoms with Crippen LogP contribution in [0, 0.1) is 5.92 Å². The number of halogens is 1. The summed E-state index contributed by atoms with van der Waals surface area (Å²) >= 11 is 6.22. The maximum absolute atomic E-state index is 6.22. The summed E-state index contributed by atoms with van der Waals surface area (Å²) in [5, 5.41) is 4.28. The molecule has 3 heteroatoms. The first kappa shape index (κ1) is 14.7. The Labute approximate surface area is 121 Å². The number of ether oxygens (including phenoxy) is 1. The van der Waals surface area contributed by atoms with E-state index in [2.05, 4.69) is 25.2 Å². The second kappa shape index (κ2) is 6.62. The van der Waals surface area contributed by atoms with Gasteiger partial charge in [-0.15, -0.1) is 0 Å². The molecule has 0 aliphatic carbocycles. The molecule has 1 aromatic carbocycles. The second-order valence-electron chi connectivity index (χ2n) is 5.52. The number of hydrogen-bond donors (Lipinski definition) is 1. The first-order chi connectivity index (χ1) is 9.15. The molecule has 0 aromatic heterocycles. The van der Waals surface area contributed by atoms with Gasteiger partial charge in [0.2, 0.25) is 0 Å². The van der Waals surface area contributed by atoms with E-state index in [9.17, 15) is 0 Å². The number of likely N-dealkylation sites (N-methyl/N-ethyl adjacent to an activating group) is 1. The molecule has 1 aromatic rings. The Balaban J connectivity index is 2.18. The van der Waals surface area contributed by atoms with Crippen LogP contribution in [-0.2, 0) is 12.8 Å². The van der Waals surface area contributed by atoms with Crippen LogP contribution in [0.1, 0.15) is 37.8 Å². The first-order valence-corrected chi connectivity index (χ1v) is 7.64. The van der Waals surface area contributed by atoms with Gasteiger partial charge in [0.05, 0.1) is 6.61 Å². The number of hydrogen-bond acceptors (Lipinski definition) is 2. The van der Waals surface area contributed by atoms with Gasteiger partial charge >= 0.3 is 0 Å². The van der Waals surface area contributed by atoms with Crippen LogP contribution in [0.2, 0.25) is 5.02 Å². The summed E-state index contributed by atoms with van der Waals surface area (Å²) in [4.78, 5) is 0. The zero-order valence-electron chi connectivity index (χ0n) is 12.1. The predicted octanol–water partition coefficient (Wildman–Crippen LogP) is 3.84. The van der Waals surface area contributed by atoms with Gasteiger partial charge in [0, 0.05) is 17.5 Å². The molecule has 2 unspecified atom stereocenters. The number of benzene rings is 1. The van der Waals surface area contributed by atoms with E-state index >= 15 is 0 Å². The fourth-order valence-corrected chi connectivity index (χ4v) is 3.24. The van der Waals surface area contributed by atoms with Gasteiger partial charge in [-0.25, -0.2) is 0 Å². The van der Waals surface area contributed by atoms with Gasteiger partial charge in [-0.3, -0.25) is 0 Å². The Kier molecular flexibility index (Phi) is 5.12. The van der Waals surface area contributed by atoms with Gasteiger partial charge in [0.1, 0.15) is 5.75 Å². The maximum Gasteiger partial charge on any atom is 0.125 e. The normalized spacial score (nSPS) is 16.8. The van der Waals surface area contributed by atoms with Crippen molar-refractivity contribution in [3.63, 3.8) is 0 Å². The summed E-state index contributed by atoms with van der Waals surface area (Å²) in [5.74, 6) is 1.74. The van der Waals surface area contributed by atoms with E-state index in [0.29, 0.717) is 12.0 Å². The molecule has 2 atom stereocenters. The summed E-state index contributed by atoms with van der Waals surface area (Å²) in [6.07, 6.45) is 4.44. The standard InChI is InChI=1S/C16H24ClNO/c1-4-5-11(2)15(18-3)10-13-9-14(17)8-12-6-7-19-16(12)13/h8-9,11,15,18H,4-7,10H2,1-3H3. The fourth-order valence-electron chi connectivity index (χ4n) is 2.98. The Morgan fingerprint density at radius 3 is 2.89 bits per heavy atom. The van der Waals surface area contributed by atoms with Crippen LogP contribution in [0.5, 0.6) is 5.75 Å². The van der Waals surface area contributed by atoms with Crippen LogP contribution in [0.4, 0.5) is 0 Å². The zero-order chi connectivity index (χ0) is 13.8. The van der Waals surface area contributed by atoms with Crippen molar-refractivity contribution in [2.24, 2.45) is 5.92 Å². The van der Waals surface area contributed by atoms with Crippen molar-refractivity contribution in [3.05, 3.63) is 28.3 Å². The Bertz CT molecular complexity index is 433. The molecule has 1 aliphatic rings. The molecule has 2 rings (SSSR count). The molecular weight excluding hydrogens is 258 g/mol. The molecular formula is C16H24ClNO. The largest absolute Gasteiger partial charge is 0.493 e. The van der Waals surface area contributed by atoms with E-state index in [1.807, 2.05) is 13.1 Å². The van der Waals surface area contributed by atoms with Gasteiger partial charge < -0.3 is 10.1 Å². The third-order valence-electron chi connectivity index (χ3n) is 4.07. The monoisotopic (exact) mass is 281 g/mol. The summed E-state index contributed by atoms with van der Waals surface area (Å²) in [5.41, 5.74) is 2.52. The summed E-state index contributed by atoms with van der Waals surface area (Å²) in [7, 11) is 2.04. The van der Waals surface area contributed by atoms with Gasteiger partial charge in [-0.05, 0) is 49.1 Å². The topological polar surface area (TPSA) is 21.3 Å². The van der Waals surface area contributed by atoms with Gasteiger partial charge in [0.15, 0.2) is 0 Å². The molecule has 1 aliphatic heterocycles. The van der Waals surface area contributed by atoms with Crippen molar-refractivity contribution >= 4 is 11.6 Å². The molecule has 106 valence electrons. The second-order valence-corrected chi connectivity index (χ2v) is 5.95. The minimum Gasteiger partial charge on any atom is -0.493 e. The third-order valence-corrected chi connectivity index (χ3v) is 4.29. The smallest absolute Gasteiger partial charge is 0.125 e. The van der Waals surface area contributed by atoms with Crippen molar-refractivity contribution < 1.29 is 4.74 Å². The number of nitrogens with one attached hydrogen (secondary N) is 1. The molecule has 0 amide bonds. The van der Waals surface area contributed by atoms with Crippen LogP contribution in [0.15, 0.2) is 12.1 Å². The lowest BCUT2D eigenvalue weighted by Gasteiger charge is -2.24. The predicted molar refractivity (Wildman–Crippen MR) is 81.3 cm³/mol. The average Bonchev–Trinajstić information content (AvgIpc) is 2.83. The summed E-state index contributed by atoms with van der Waals surface area (Å²) in [6.45, 7) is 5.34. The fraction of sp³-hybridized carbons (Fsp3) is 0.625. The Morgan fingerprint density at radius 2 is 2.21 bits per heavy atom. The van der Waals surface area contributed by atoms with Crippen LogP contribution in [0.3, 0.4) is 0 Å². The van der Waals surface area contributed by atoms with Crippen molar-refractivity contribution in [2.75, 3.05) is 13.7 Å². The maximum atomic E-state index is 6.22. The van der Waals surface area contributed by atoms with E-state index in [4.69, 9.17) is 16.3 Å². The zero-order valence-corrected chi connectivity index (χ0v) is 12.9. The molecule has 0 spiro atoms. The van der Waals surface area contributed by atoms with E-state index in [-0.39, 0.29) is 0 Å². The quantitative estimate of drug-likeness (QED) is 0.855. The SMILES string of the molecule is CCCC(C)C(Cc1cc(Cl)cc2c1OCC2)NC. The molecule has 2 nitrogen and oxygen atoms in total. The molecule has 1 N–H and O–H groups in total. The Hall–Kier alpha value is -0.730. The number of fused-ring (bicyclic) bond motifs is 1. The molecule has 19 heavy (non-hydrogen) atoms. The van der Waals surface area contributed by atoms with Crippen LogP contribution in [0.25, 0.3) is 0 Å². The van der Waals surface area contributed by atoms with E-state index in [1.54, 1.807) is 0 Å². The van der Waals surface area contributed by atoms with Gasteiger partial charge in [0.25, 0.3) is 0 Å². The van der Waals surface area contributed by atoms with Crippen molar-refractivity contribution in [2.45, 2.75) is 45.6 Å². The highest BCUT2D eigenvalue weighted by molar-refractivity contribution is 6.30. The van der Waals surface area contributed by atoms with Crippen molar-refractivity contribution in [3.8, 4) is 5.75 Å². The van der Waals surface area contributed by atoms with Gasteiger partial charge in [-0.1, -0.05) is 31.9 Å². The van der Waals surface area contributed by atoms with Crippen molar-refractivity contribution in [1.82, 2.24) is 5.32 Å². The molecule has 1 heterocycles. The van der Waals surface area contributed by atoms with Crippen LogP contribution < -0.4 is 10.1 Å². The van der Waals surface area contributed by atoms with E-state index < -0.39 is 0 Å². The van der Waals surface area contributed by atoms with E-state index in [1.165, 1.54) is 24.0 Å².